The van der Waals surface area contributed by atoms with Crippen molar-refractivity contribution < 1.29 is 9.84 Å². The van der Waals surface area contributed by atoms with Crippen LogP contribution in [0, 0.1) is 0 Å². The van der Waals surface area contributed by atoms with Crippen LogP contribution >= 0.6 is 15.9 Å². The summed E-state index contributed by atoms with van der Waals surface area (Å²) in [6, 6.07) is 7.50. The molecule has 3 heteroatoms. The predicted molar refractivity (Wildman–Crippen MR) is 56.4 cm³/mol. The van der Waals surface area contributed by atoms with Gasteiger partial charge in [-0.25, -0.2) is 0 Å². The van der Waals surface area contributed by atoms with Crippen molar-refractivity contribution in [2.24, 2.45) is 0 Å². The predicted octanol–water partition coefficient (Wildman–Crippen LogP) is 2.51. The largest absolute Gasteiger partial charge is 0.494 e. The molecule has 0 aliphatic heterocycles. The zero-order valence-corrected chi connectivity index (χ0v) is 9.12. The molecule has 1 atom stereocenters. The Morgan fingerprint density at radius 3 is 2.92 bits per heavy atom. The molecule has 0 heterocycles. The van der Waals surface area contributed by atoms with Crippen LogP contribution in [-0.4, -0.2) is 17.0 Å². The van der Waals surface area contributed by atoms with Crippen LogP contribution < -0.4 is 4.74 Å². The van der Waals surface area contributed by atoms with E-state index < -0.39 is 6.10 Å². The monoisotopic (exact) mass is 244 g/mol. The van der Waals surface area contributed by atoms with Crippen molar-refractivity contribution in [3.05, 3.63) is 29.8 Å². The summed E-state index contributed by atoms with van der Waals surface area (Å²) >= 11 is 3.22. The second-order valence-corrected chi connectivity index (χ2v) is 3.32. The molecule has 0 aliphatic rings. The lowest BCUT2D eigenvalue weighted by Crippen LogP contribution is -1.99. The van der Waals surface area contributed by atoms with Gasteiger partial charge in [0.2, 0.25) is 0 Å². The average Bonchev–Trinajstić information content (AvgIpc) is 2.18. The highest BCUT2D eigenvalue weighted by molar-refractivity contribution is 9.09. The van der Waals surface area contributed by atoms with Crippen LogP contribution in [0.2, 0.25) is 0 Å². The van der Waals surface area contributed by atoms with Crippen molar-refractivity contribution in [2.75, 3.05) is 11.9 Å². The molecule has 72 valence electrons. The minimum Gasteiger partial charge on any atom is -0.494 e. The van der Waals surface area contributed by atoms with Crippen molar-refractivity contribution in [2.45, 2.75) is 13.0 Å². The normalized spacial score (nSPS) is 12.5. The van der Waals surface area contributed by atoms with Gasteiger partial charge in [0.25, 0.3) is 0 Å². The molecule has 0 aromatic heterocycles. The van der Waals surface area contributed by atoms with E-state index in [9.17, 15) is 5.11 Å². The zero-order chi connectivity index (χ0) is 9.68. The summed E-state index contributed by atoms with van der Waals surface area (Å²) in [6.07, 6.45) is -0.458. The van der Waals surface area contributed by atoms with Crippen LogP contribution in [0.15, 0.2) is 24.3 Å². The number of aliphatic hydroxyl groups excluding tert-OH is 1. The first kappa shape index (κ1) is 10.5. The maximum Gasteiger partial charge on any atom is 0.119 e. The van der Waals surface area contributed by atoms with Crippen molar-refractivity contribution >= 4 is 15.9 Å². The van der Waals surface area contributed by atoms with E-state index in [-0.39, 0.29) is 0 Å². The number of ether oxygens (including phenoxy) is 1. The Bertz CT molecular complexity index is 263. The second kappa shape index (κ2) is 5.25. The Morgan fingerprint density at radius 2 is 2.31 bits per heavy atom. The highest BCUT2D eigenvalue weighted by Gasteiger charge is 2.05. The van der Waals surface area contributed by atoms with Crippen LogP contribution in [0.1, 0.15) is 18.6 Å². The van der Waals surface area contributed by atoms with Gasteiger partial charge in [-0.3, -0.25) is 0 Å². The number of alkyl halides is 1. The van der Waals surface area contributed by atoms with Gasteiger partial charge in [-0.15, -0.1) is 0 Å². The summed E-state index contributed by atoms with van der Waals surface area (Å²) < 4.78 is 5.31. The summed E-state index contributed by atoms with van der Waals surface area (Å²) in [6.45, 7) is 2.58. The molecule has 2 nitrogen and oxygen atoms in total. The molecule has 0 saturated carbocycles. The van der Waals surface area contributed by atoms with E-state index in [4.69, 9.17) is 4.74 Å². The van der Waals surface area contributed by atoms with Crippen LogP contribution in [-0.2, 0) is 0 Å². The lowest BCUT2D eigenvalue weighted by Gasteiger charge is -2.09. The van der Waals surface area contributed by atoms with Crippen molar-refractivity contribution in [1.29, 1.82) is 0 Å². The molecular weight excluding hydrogens is 232 g/mol. The maximum absolute atomic E-state index is 9.52. The Labute approximate surface area is 86.7 Å². The number of aliphatic hydroxyl groups is 1. The lowest BCUT2D eigenvalue weighted by atomic mass is 10.1. The highest BCUT2D eigenvalue weighted by atomic mass is 79.9. The van der Waals surface area contributed by atoms with Gasteiger partial charge in [-0.1, -0.05) is 28.1 Å². The van der Waals surface area contributed by atoms with Gasteiger partial charge in [0.15, 0.2) is 0 Å². The van der Waals surface area contributed by atoms with Gasteiger partial charge >= 0.3 is 0 Å². The smallest absolute Gasteiger partial charge is 0.119 e. The Kier molecular flexibility index (Phi) is 4.25. The van der Waals surface area contributed by atoms with E-state index in [1.807, 2.05) is 31.2 Å². The first-order valence-electron chi connectivity index (χ1n) is 4.24. The lowest BCUT2D eigenvalue weighted by molar-refractivity contribution is 0.204. The van der Waals surface area contributed by atoms with E-state index in [2.05, 4.69) is 15.9 Å². The highest BCUT2D eigenvalue weighted by Crippen LogP contribution is 2.20. The van der Waals surface area contributed by atoms with Crippen LogP contribution in [0.4, 0.5) is 0 Å². The van der Waals surface area contributed by atoms with E-state index in [0.717, 1.165) is 11.3 Å². The first-order valence-corrected chi connectivity index (χ1v) is 5.37. The Morgan fingerprint density at radius 1 is 1.54 bits per heavy atom. The summed E-state index contributed by atoms with van der Waals surface area (Å²) in [5, 5.41) is 10.1. The zero-order valence-electron chi connectivity index (χ0n) is 7.53. The molecule has 0 bridgehead atoms. The molecule has 1 N–H and O–H groups in total. The quantitative estimate of drug-likeness (QED) is 0.826. The summed E-state index contributed by atoms with van der Waals surface area (Å²) in [5.41, 5.74) is 0.878. The Hall–Kier alpha value is -0.540. The van der Waals surface area contributed by atoms with E-state index in [0.29, 0.717) is 11.9 Å². The molecule has 1 unspecified atom stereocenters. The molecule has 1 rings (SSSR count). The fourth-order valence-corrected chi connectivity index (χ4v) is 1.44. The number of hydrogen-bond donors (Lipinski definition) is 1. The number of benzene rings is 1. The molecule has 0 amide bonds. The number of hydrogen-bond acceptors (Lipinski definition) is 2. The maximum atomic E-state index is 9.52. The molecule has 0 aliphatic carbocycles. The third-order valence-corrected chi connectivity index (χ3v) is 2.31. The molecule has 0 radical (unpaired) electrons. The molecule has 0 fully saturated rings. The van der Waals surface area contributed by atoms with Crippen LogP contribution in [0.25, 0.3) is 0 Å². The fourth-order valence-electron chi connectivity index (χ4n) is 1.07. The third-order valence-electron chi connectivity index (χ3n) is 1.70. The first-order chi connectivity index (χ1) is 6.27. The fraction of sp³-hybridized carbons (Fsp3) is 0.400. The van der Waals surface area contributed by atoms with Gasteiger partial charge in [0.1, 0.15) is 5.75 Å². The summed E-state index contributed by atoms with van der Waals surface area (Å²) in [7, 11) is 0. The average molecular weight is 245 g/mol. The van der Waals surface area contributed by atoms with Gasteiger partial charge in [-0.05, 0) is 24.6 Å². The van der Waals surface area contributed by atoms with E-state index in [1.54, 1.807) is 0 Å². The summed E-state index contributed by atoms with van der Waals surface area (Å²) in [4.78, 5) is 0. The minimum atomic E-state index is -0.458. The van der Waals surface area contributed by atoms with Crippen LogP contribution in [0.5, 0.6) is 5.75 Å². The topological polar surface area (TPSA) is 29.5 Å². The number of rotatable bonds is 4. The molecule has 0 saturated heterocycles. The minimum absolute atomic E-state index is 0.458. The molecular formula is C10H13BrO2. The second-order valence-electron chi connectivity index (χ2n) is 2.68. The van der Waals surface area contributed by atoms with E-state index >= 15 is 0 Å². The molecule has 1 aromatic carbocycles. The summed E-state index contributed by atoms with van der Waals surface area (Å²) in [5.74, 6) is 0.806. The van der Waals surface area contributed by atoms with Gasteiger partial charge in [0, 0.05) is 5.33 Å². The van der Waals surface area contributed by atoms with Gasteiger partial charge < -0.3 is 9.84 Å². The van der Waals surface area contributed by atoms with Crippen LogP contribution in [0.3, 0.4) is 0 Å². The standard InChI is InChI=1S/C10H13BrO2/c1-2-13-9-5-3-4-8(6-9)10(12)7-11/h3-6,10,12H,2,7H2,1H3. The third kappa shape index (κ3) is 3.01. The van der Waals surface area contributed by atoms with Crippen molar-refractivity contribution in [1.82, 2.24) is 0 Å². The SMILES string of the molecule is CCOc1cccc(C(O)CBr)c1. The molecule has 13 heavy (non-hydrogen) atoms. The van der Waals surface area contributed by atoms with E-state index in [1.165, 1.54) is 0 Å². The van der Waals surface area contributed by atoms with Crippen molar-refractivity contribution in [3.63, 3.8) is 0 Å². The van der Waals surface area contributed by atoms with Gasteiger partial charge in [-0.2, -0.15) is 0 Å². The van der Waals surface area contributed by atoms with Gasteiger partial charge in [0.05, 0.1) is 12.7 Å². The Balaban J connectivity index is 2.78. The van der Waals surface area contributed by atoms with Crippen molar-refractivity contribution in [3.8, 4) is 5.75 Å². The molecule has 1 aromatic rings. The molecule has 0 spiro atoms. The number of halogens is 1.